The number of carbonyl (C=O) groups excluding carboxylic acids is 2. The highest BCUT2D eigenvalue weighted by molar-refractivity contribution is 6.11. The maximum atomic E-state index is 12.3. The third-order valence-corrected chi connectivity index (χ3v) is 3.17. The highest BCUT2D eigenvalue weighted by Gasteiger charge is 2.26. The van der Waals surface area contributed by atoms with Crippen LogP contribution in [0.25, 0.3) is 0 Å². The van der Waals surface area contributed by atoms with Gasteiger partial charge in [-0.3, -0.25) is 9.59 Å². The molecule has 0 fully saturated rings. The molecule has 1 aromatic rings. The van der Waals surface area contributed by atoms with Crippen LogP contribution < -0.4 is 5.73 Å². The molecule has 0 heterocycles. The molecule has 22 heavy (non-hydrogen) atoms. The van der Waals surface area contributed by atoms with Crippen LogP contribution in [-0.4, -0.2) is 52.0 Å². The Morgan fingerprint density at radius 3 is 1.68 bits per heavy atom. The molecule has 0 atom stereocenters. The molecule has 0 saturated carbocycles. The standard InChI is InChI=1S/C14H16N2O6/c1-3-16(4-2)12(18)8-6-9(13(19)20)7(11(15)17)5-10(8)14(21)22/h5-6H,3-4H2,1-2H3,(H2,15,17)(H,19,20)(H,21,22). The minimum Gasteiger partial charge on any atom is -0.478 e. The van der Waals surface area contributed by atoms with Gasteiger partial charge in [-0.05, 0) is 26.0 Å². The van der Waals surface area contributed by atoms with Crippen molar-refractivity contribution in [1.29, 1.82) is 0 Å². The van der Waals surface area contributed by atoms with E-state index in [9.17, 15) is 24.3 Å². The number of rotatable bonds is 6. The molecule has 1 rings (SSSR count). The van der Waals surface area contributed by atoms with Crippen LogP contribution in [0.1, 0.15) is 55.3 Å². The Balaban J connectivity index is 3.65. The molecule has 4 N–H and O–H groups in total. The molecule has 0 saturated heterocycles. The van der Waals surface area contributed by atoms with Gasteiger partial charge >= 0.3 is 11.9 Å². The molecule has 8 heteroatoms. The topological polar surface area (TPSA) is 138 Å². The SMILES string of the molecule is CCN(CC)C(=O)c1cc(C(=O)O)c(C(N)=O)cc1C(=O)O. The molecule has 0 bridgehead atoms. The fourth-order valence-electron chi connectivity index (χ4n) is 2.02. The second kappa shape index (κ2) is 6.70. The van der Waals surface area contributed by atoms with Gasteiger partial charge in [0.25, 0.3) is 5.91 Å². The zero-order valence-electron chi connectivity index (χ0n) is 12.1. The monoisotopic (exact) mass is 308 g/mol. The van der Waals surface area contributed by atoms with Gasteiger partial charge < -0.3 is 20.8 Å². The van der Waals surface area contributed by atoms with E-state index in [1.807, 2.05) is 0 Å². The van der Waals surface area contributed by atoms with Crippen molar-refractivity contribution in [3.8, 4) is 0 Å². The molecular formula is C14H16N2O6. The first-order valence-electron chi connectivity index (χ1n) is 6.48. The van der Waals surface area contributed by atoms with E-state index < -0.39 is 40.4 Å². The van der Waals surface area contributed by atoms with Crippen LogP contribution in [0.5, 0.6) is 0 Å². The molecule has 0 spiro atoms. The van der Waals surface area contributed by atoms with Crippen molar-refractivity contribution in [2.45, 2.75) is 13.8 Å². The minimum absolute atomic E-state index is 0.293. The lowest BCUT2D eigenvalue weighted by molar-refractivity contribution is 0.0668. The number of carbonyl (C=O) groups is 4. The van der Waals surface area contributed by atoms with E-state index in [1.165, 1.54) is 4.90 Å². The first-order valence-corrected chi connectivity index (χ1v) is 6.48. The van der Waals surface area contributed by atoms with Crippen molar-refractivity contribution in [2.75, 3.05) is 13.1 Å². The molecule has 0 radical (unpaired) electrons. The number of nitrogens with zero attached hydrogens (tertiary/aromatic N) is 1. The van der Waals surface area contributed by atoms with Crippen LogP contribution >= 0.6 is 0 Å². The first-order chi connectivity index (χ1) is 10.2. The van der Waals surface area contributed by atoms with Gasteiger partial charge in [0.15, 0.2) is 0 Å². The number of carboxylic acids is 2. The molecule has 1 aromatic carbocycles. The molecule has 0 aromatic heterocycles. The summed E-state index contributed by atoms with van der Waals surface area (Å²) in [5.74, 6) is -4.63. The van der Waals surface area contributed by atoms with E-state index in [2.05, 4.69) is 0 Å². The van der Waals surface area contributed by atoms with Crippen molar-refractivity contribution in [3.63, 3.8) is 0 Å². The van der Waals surface area contributed by atoms with Crippen LogP contribution in [0, 0.1) is 0 Å². The summed E-state index contributed by atoms with van der Waals surface area (Å²) in [4.78, 5) is 47.5. The number of amides is 2. The minimum atomic E-state index is -1.47. The zero-order chi connectivity index (χ0) is 17.0. The molecule has 0 aliphatic rings. The third-order valence-electron chi connectivity index (χ3n) is 3.17. The van der Waals surface area contributed by atoms with Crippen molar-refractivity contribution in [3.05, 3.63) is 34.4 Å². The first kappa shape index (κ1) is 17.2. The summed E-state index contributed by atoms with van der Waals surface area (Å²) < 4.78 is 0. The molecular weight excluding hydrogens is 292 g/mol. The number of hydrogen-bond acceptors (Lipinski definition) is 4. The molecule has 0 unspecified atom stereocenters. The molecule has 118 valence electrons. The summed E-state index contributed by atoms with van der Waals surface area (Å²) in [5.41, 5.74) is 3.35. The van der Waals surface area contributed by atoms with E-state index >= 15 is 0 Å². The Morgan fingerprint density at radius 1 is 0.909 bits per heavy atom. The maximum Gasteiger partial charge on any atom is 0.336 e. The van der Waals surface area contributed by atoms with E-state index in [1.54, 1.807) is 13.8 Å². The largest absolute Gasteiger partial charge is 0.478 e. The van der Waals surface area contributed by atoms with Gasteiger partial charge in [-0.25, -0.2) is 9.59 Å². The van der Waals surface area contributed by atoms with Gasteiger partial charge in [-0.15, -0.1) is 0 Å². The third kappa shape index (κ3) is 3.22. The van der Waals surface area contributed by atoms with Gasteiger partial charge in [0.2, 0.25) is 5.91 Å². The number of nitrogens with two attached hydrogens (primary N) is 1. The normalized spacial score (nSPS) is 10.1. The average molecular weight is 308 g/mol. The Hall–Kier alpha value is -2.90. The summed E-state index contributed by atoms with van der Waals surface area (Å²) in [6.45, 7) is 4.07. The maximum absolute atomic E-state index is 12.3. The molecule has 0 aliphatic heterocycles. The van der Waals surface area contributed by atoms with Crippen molar-refractivity contribution in [1.82, 2.24) is 4.90 Å². The fourth-order valence-corrected chi connectivity index (χ4v) is 2.02. The Bertz CT molecular complexity index is 649. The summed E-state index contributed by atoms with van der Waals surface area (Å²) >= 11 is 0. The summed E-state index contributed by atoms with van der Waals surface area (Å²) in [5, 5.41) is 18.3. The number of primary amides is 1. The fraction of sp³-hybridized carbons (Fsp3) is 0.286. The van der Waals surface area contributed by atoms with E-state index in [4.69, 9.17) is 10.8 Å². The summed E-state index contributed by atoms with van der Waals surface area (Å²) in [6, 6.07) is 1.71. The van der Waals surface area contributed by atoms with Gasteiger partial charge in [0, 0.05) is 13.1 Å². The van der Waals surface area contributed by atoms with Gasteiger partial charge in [0.05, 0.1) is 22.3 Å². The second-order valence-electron chi connectivity index (χ2n) is 4.40. The van der Waals surface area contributed by atoms with Gasteiger partial charge in [0.1, 0.15) is 0 Å². The summed E-state index contributed by atoms with van der Waals surface area (Å²) in [6.07, 6.45) is 0. The van der Waals surface area contributed by atoms with Crippen LogP contribution in [-0.2, 0) is 0 Å². The Kier molecular flexibility index (Phi) is 5.23. The number of benzene rings is 1. The molecule has 0 aliphatic carbocycles. The average Bonchev–Trinajstić information content (AvgIpc) is 2.46. The van der Waals surface area contributed by atoms with E-state index in [0.717, 1.165) is 12.1 Å². The van der Waals surface area contributed by atoms with Crippen LogP contribution in [0.2, 0.25) is 0 Å². The van der Waals surface area contributed by atoms with Gasteiger partial charge in [-0.1, -0.05) is 0 Å². The number of carboxylic acid groups (broad SMARTS) is 2. The highest BCUT2D eigenvalue weighted by Crippen LogP contribution is 2.20. The number of hydrogen-bond donors (Lipinski definition) is 3. The quantitative estimate of drug-likeness (QED) is 0.705. The lowest BCUT2D eigenvalue weighted by atomic mass is 9.96. The second-order valence-corrected chi connectivity index (χ2v) is 4.40. The van der Waals surface area contributed by atoms with Crippen molar-refractivity contribution >= 4 is 23.8 Å². The number of aromatic carboxylic acids is 2. The zero-order valence-corrected chi connectivity index (χ0v) is 12.1. The lowest BCUT2D eigenvalue weighted by Gasteiger charge is -2.20. The Labute approximate surface area is 126 Å². The van der Waals surface area contributed by atoms with Gasteiger partial charge in [-0.2, -0.15) is 0 Å². The van der Waals surface area contributed by atoms with Crippen molar-refractivity contribution in [2.24, 2.45) is 5.73 Å². The van der Waals surface area contributed by atoms with Crippen LogP contribution in [0.3, 0.4) is 0 Å². The van der Waals surface area contributed by atoms with Crippen LogP contribution in [0.15, 0.2) is 12.1 Å². The van der Waals surface area contributed by atoms with E-state index in [0.29, 0.717) is 13.1 Å². The predicted molar refractivity (Wildman–Crippen MR) is 76.1 cm³/mol. The van der Waals surface area contributed by atoms with Crippen molar-refractivity contribution < 1.29 is 29.4 Å². The highest BCUT2D eigenvalue weighted by atomic mass is 16.4. The Morgan fingerprint density at radius 2 is 1.32 bits per heavy atom. The smallest absolute Gasteiger partial charge is 0.336 e. The van der Waals surface area contributed by atoms with Crippen LogP contribution in [0.4, 0.5) is 0 Å². The molecule has 2 amide bonds. The lowest BCUT2D eigenvalue weighted by Crippen LogP contribution is -2.32. The summed E-state index contributed by atoms with van der Waals surface area (Å²) in [7, 11) is 0. The molecule has 8 nitrogen and oxygen atoms in total. The predicted octanol–water partition coefficient (Wildman–Crippen LogP) is 0.664. The van der Waals surface area contributed by atoms with E-state index in [-0.39, 0.29) is 5.56 Å².